The second kappa shape index (κ2) is 8.10. The van der Waals surface area contributed by atoms with Crippen LogP contribution in [-0.2, 0) is 16.1 Å². The number of aliphatic hydroxyl groups excluding tert-OH is 1. The fourth-order valence-electron chi connectivity index (χ4n) is 2.98. The number of halogens is 1. The van der Waals surface area contributed by atoms with Gasteiger partial charge in [-0.2, -0.15) is 0 Å². The second-order valence-electron chi connectivity index (χ2n) is 6.61. The van der Waals surface area contributed by atoms with Crippen molar-refractivity contribution >= 4 is 21.4 Å². The predicted molar refractivity (Wildman–Crippen MR) is 99.4 cm³/mol. The summed E-state index contributed by atoms with van der Waals surface area (Å²) in [4.78, 5) is 0. The number of anilines is 1. The van der Waals surface area contributed by atoms with E-state index in [-0.39, 0.29) is 47.3 Å². The van der Waals surface area contributed by atoms with Crippen molar-refractivity contribution < 1.29 is 23.5 Å². The van der Waals surface area contributed by atoms with E-state index in [9.17, 15) is 18.9 Å². The summed E-state index contributed by atoms with van der Waals surface area (Å²) >= 11 is 0. The lowest BCUT2D eigenvalue weighted by Crippen LogP contribution is -2.37. The zero-order chi connectivity index (χ0) is 20.3. The fraction of sp³-hybridized carbons (Fsp3) is 0.438. The van der Waals surface area contributed by atoms with E-state index in [1.807, 2.05) is 0 Å². The summed E-state index contributed by atoms with van der Waals surface area (Å²) < 4.78 is 37.9. The van der Waals surface area contributed by atoms with E-state index in [1.165, 1.54) is 19.1 Å². The van der Waals surface area contributed by atoms with E-state index in [0.29, 0.717) is 6.42 Å². The van der Waals surface area contributed by atoms with E-state index < -0.39 is 15.8 Å². The first-order valence-electron chi connectivity index (χ1n) is 8.55. The first-order valence-corrected chi connectivity index (χ1v) is 10.4. The molecular weight excluding hydrogens is 391 g/mol. The largest absolute Gasteiger partial charge is 0.409 e. The Labute approximate surface area is 160 Å². The van der Waals surface area contributed by atoms with Gasteiger partial charge < -0.3 is 20.9 Å². The number of oxime groups is 1. The molecule has 12 heteroatoms. The van der Waals surface area contributed by atoms with Gasteiger partial charge in [0.25, 0.3) is 0 Å². The van der Waals surface area contributed by atoms with Crippen molar-refractivity contribution in [2.75, 3.05) is 23.4 Å². The fourth-order valence-corrected chi connectivity index (χ4v) is 4.36. The Balaban J connectivity index is 1.63. The Hall–Kier alpha value is -2.73. The molecule has 0 radical (unpaired) electrons. The zero-order valence-corrected chi connectivity index (χ0v) is 15.9. The standard InChI is InChI=1S/C16H21FN6O4S/c1-9(24)8-28(18,26)5-4-19-15-14(22-27-23-15)16(21-25)20-13-6-10-2-3-11(17)7-12(10)13/h2-3,7,9,13,18,24-25H,4-6,8H2,1H3,(H,19,23)(H,20,21)/t9?,13-,28?/m1/s1. The minimum Gasteiger partial charge on any atom is -0.409 e. The highest BCUT2D eigenvalue weighted by atomic mass is 32.2. The molecule has 0 amide bonds. The summed E-state index contributed by atoms with van der Waals surface area (Å²) in [6.45, 7) is 1.59. The lowest BCUT2D eigenvalue weighted by molar-refractivity contribution is 0.219. The van der Waals surface area contributed by atoms with Crippen LogP contribution in [0.5, 0.6) is 0 Å². The molecule has 28 heavy (non-hydrogen) atoms. The van der Waals surface area contributed by atoms with Gasteiger partial charge in [-0.25, -0.2) is 13.2 Å². The number of rotatable bonds is 8. The monoisotopic (exact) mass is 412 g/mol. The number of nitrogens with one attached hydrogen (secondary N) is 3. The van der Waals surface area contributed by atoms with E-state index in [1.54, 1.807) is 6.07 Å². The van der Waals surface area contributed by atoms with E-state index in [0.717, 1.165) is 11.1 Å². The van der Waals surface area contributed by atoms with Gasteiger partial charge in [-0.15, -0.1) is 0 Å². The number of amidine groups is 1. The molecule has 2 aromatic rings. The number of fused-ring (bicyclic) bond motifs is 1. The van der Waals surface area contributed by atoms with Crippen LogP contribution < -0.4 is 10.6 Å². The Morgan fingerprint density at radius 2 is 2.32 bits per heavy atom. The van der Waals surface area contributed by atoms with Gasteiger partial charge in [0.05, 0.1) is 17.9 Å². The third-order valence-electron chi connectivity index (χ3n) is 4.27. The molecule has 3 atom stereocenters. The predicted octanol–water partition coefficient (Wildman–Crippen LogP) is 1.07. The van der Waals surface area contributed by atoms with E-state index in [2.05, 4.69) is 30.7 Å². The number of nitrogens with zero attached hydrogens (tertiary/aromatic N) is 3. The summed E-state index contributed by atoms with van der Waals surface area (Å²) in [5.41, 5.74) is 1.86. The van der Waals surface area contributed by atoms with Crippen LogP contribution >= 0.6 is 0 Å². The summed E-state index contributed by atoms with van der Waals surface area (Å²) in [6, 6.07) is 4.26. The van der Waals surface area contributed by atoms with Crippen LogP contribution in [0, 0.1) is 10.6 Å². The Kier molecular flexibility index (Phi) is 5.79. The second-order valence-corrected chi connectivity index (χ2v) is 8.98. The van der Waals surface area contributed by atoms with Gasteiger partial charge in [0, 0.05) is 22.0 Å². The minimum absolute atomic E-state index is 0.0146. The van der Waals surface area contributed by atoms with Crippen molar-refractivity contribution in [3.05, 3.63) is 40.8 Å². The first-order chi connectivity index (χ1) is 13.3. The normalized spacial score (nSPS) is 19.2. The van der Waals surface area contributed by atoms with Crippen LogP contribution in [0.15, 0.2) is 28.0 Å². The lowest BCUT2D eigenvalue weighted by atomic mass is 9.83. The summed E-state index contributed by atoms with van der Waals surface area (Å²) in [7, 11) is -2.95. The SMILES string of the molecule is CC(O)CS(=N)(=O)CCNc1nonc1/C(=N\O)N[C@@H]1Cc2ccc(F)cc21. The highest BCUT2D eigenvalue weighted by Crippen LogP contribution is 2.33. The molecule has 1 aliphatic carbocycles. The Bertz CT molecular complexity index is 975. The molecule has 1 aliphatic rings. The molecule has 1 aromatic carbocycles. The van der Waals surface area contributed by atoms with Crippen molar-refractivity contribution in [3.63, 3.8) is 0 Å². The topological polar surface area (TPSA) is 157 Å². The molecule has 0 bridgehead atoms. The number of aliphatic hydroxyl groups is 1. The molecule has 1 aromatic heterocycles. The van der Waals surface area contributed by atoms with Crippen molar-refractivity contribution in [2.24, 2.45) is 5.16 Å². The number of hydrogen-bond donors (Lipinski definition) is 5. The van der Waals surface area contributed by atoms with Crippen LogP contribution in [0.2, 0.25) is 0 Å². The van der Waals surface area contributed by atoms with Crippen molar-refractivity contribution in [1.29, 1.82) is 4.78 Å². The van der Waals surface area contributed by atoms with E-state index >= 15 is 0 Å². The van der Waals surface area contributed by atoms with Crippen LogP contribution in [0.3, 0.4) is 0 Å². The Morgan fingerprint density at radius 3 is 3.04 bits per heavy atom. The molecule has 1 heterocycles. The molecule has 3 rings (SSSR count). The van der Waals surface area contributed by atoms with Crippen LogP contribution in [0.1, 0.15) is 29.8 Å². The maximum Gasteiger partial charge on any atom is 0.202 e. The van der Waals surface area contributed by atoms with Crippen LogP contribution in [-0.4, -0.2) is 54.8 Å². The molecule has 0 spiro atoms. The average molecular weight is 412 g/mol. The average Bonchev–Trinajstić information content (AvgIpc) is 3.05. The molecule has 2 unspecified atom stereocenters. The van der Waals surface area contributed by atoms with Crippen molar-refractivity contribution in [2.45, 2.75) is 25.5 Å². The minimum atomic E-state index is -2.95. The number of benzene rings is 1. The molecular formula is C16H21FN6O4S. The van der Waals surface area contributed by atoms with Gasteiger partial charge in [0.2, 0.25) is 5.82 Å². The van der Waals surface area contributed by atoms with Gasteiger partial charge in [-0.05, 0) is 46.9 Å². The summed E-state index contributed by atoms with van der Waals surface area (Å²) in [6.07, 6.45) is -0.204. The molecule has 152 valence electrons. The molecule has 0 saturated carbocycles. The zero-order valence-electron chi connectivity index (χ0n) is 15.1. The molecule has 10 nitrogen and oxygen atoms in total. The van der Waals surface area contributed by atoms with Crippen molar-refractivity contribution in [3.8, 4) is 0 Å². The third-order valence-corrected chi connectivity index (χ3v) is 6.15. The highest BCUT2D eigenvalue weighted by Gasteiger charge is 2.29. The lowest BCUT2D eigenvalue weighted by Gasteiger charge is -2.31. The van der Waals surface area contributed by atoms with Crippen LogP contribution in [0.4, 0.5) is 10.2 Å². The van der Waals surface area contributed by atoms with Gasteiger partial charge in [-0.1, -0.05) is 11.2 Å². The third kappa shape index (κ3) is 4.57. The molecule has 0 fully saturated rings. The van der Waals surface area contributed by atoms with Gasteiger partial charge in [-0.3, -0.25) is 4.78 Å². The number of hydrogen-bond acceptors (Lipinski definition) is 9. The van der Waals surface area contributed by atoms with Gasteiger partial charge in [0.1, 0.15) is 5.82 Å². The first kappa shape index (κ1) is 20.0. The summed E-state index contributed by atoms with van der Waals surface area (Å²) in [5, 5.41) is 35.0. The molecule has 5 N–H and O–H groups in total. The molecule has 0 saturated heterocycles. The number of aromatic nitrogens is 2. The smallest absolute Gasteiger partial charge is 0.202 e. The Morgan fingerprint density at radius 1 is 1.54 bits per heavy atom. The highest BCUT2D eigenvalue weighted by molar-refractivity contribution is 7.92. The maximum absolute atomic E-state index is 13.4. The van der Waals surface area contributed by atoms with Crippen molar-refractivity contribution in [1.82, 2.24) is 15.6 Å². The van der Waals surface area contributed by atoms with Gasteiger partial charge >= 0.3 is 0 Å². The quantitative estimate of drug-likeness (QED) is 0.186. The molecule has 0 aliphatic heterocycles. The maximum atomic E-state index is 13.4. The van der Waals surface area contributed by atoms with Crippen LogP contribution in [0.25, 0.3) is 0 Å². The summed E-state index contributed by atoms with van der Waals surface area (Å²) in [5.74, 6) is -0.361. The van der Waals surface area contributed by atoms with E-state index in [4.69, 9.17) is 4.78 Å². The van der Waals surface area contributed by atoms with Gasteiger partial charge in [0.15, 0.2) is 11.5 Å².